The van der Waals surface area contributed by atoms with Crippen molar-refractivity contribution in [1.82, 2.24) is 0 Å². The molecule has 3 fully saturated rings. The average molecular weight is 92.0 g/mol. The van der Waals surface area contributed by atoms with Gasteiger partial charge in [0.2, 0.25) is 0 Å². The molecule has 0 aromatic rings. The predicted molar refractivity (Wildman–Crippen MR) is 14.0 cm³/mol. The lowest BCUT2D eigenvalue weighted by atomic mass is 11.3. The van der Waals surface area contributed by atoms with E-state index in [1.807, 2.05) is 0 Å². The average Bonchev–Trinajstić information content (AvgIpc) is 0.592. The van der Waals surface area contributed by atoms with Crippen molar-refractivity contribution in [2.75, 3.05) is 0 Å². The molecule has 3 nitrogen and oxygen atoms in total. The molecule has 0 saturated carbocycles. The third-order valence-corrected chi connectivity index (χ3v) is 1.55. The molecule has 0 N–H and O–H groups in total. The standard InChI is InChI=1S/CHO3P/c2-1-3-5(2)4-1/h1H. The lowest BCUT2D eigenvalue weighted by Crippen LogP contribution is -2.38. The van der Waals surface area contributed by atoms with Gasteiger partial charge in [0.05, 0.1) is 0 Å². The van der Waals surface area contributed by atoms with Crippen molar-refractivity contribution < 1.29 is 13.6 Å². The summed E-state index contributed by atoms with van der Waals surface area (Å²) in [6.45, 7) is -0.263. The first-order valence-corrected chi connectivity index (χ1v) is 2.35. The van der Waals surface area contributed by atoms with Gasteiger partial charge in [-0.15, -0.1) is 0 Å². The quantitative estimate of drug-likeness (QED) is 0.409. The Hall–Kier alpha value is 0.310. The largest absolute Gasteiger partial charge is 0.345 e. The number of rotatable bonds is 0. The molecule has 3 rings (SSSR count). The highest BCUT2D eigenvalue weighted by molar-refractivity contribution is 7.44. The van der Waals surface area contributed by atoms with Crippen molar-refractivity contribution in [2.24, 2.45) is 0 Å². The molecule has 0 unspecified atom stereocenters. The van der Waals surface area contributed by atoms with Crippen molar-refractivity contribution in [3.05, 3.63) is 0 Å². The zero-order valence-corrected chi connectivity index (χ0v) is 3.14. The second kappa shape index (κ2) is 0.545. The maximum Gasteiger partial charge on any atom is 0.345 e. The summed E-state index contributed by atoms with van der Waals surface area (Å²) in [7, 11) is -0.774. The molecule has 2 bridgehead atoms. The summed E-state index contributed by atoms with van der Waals surface area (Å²) in [6.07, 6.45) is 0. The second-order valence-corrected chi connectivity index (χ2v) is 1.91. The first kappa shape index (κ1) is 2.48. The highest BCUT2D eigenvalue weighted by atomic mass is 31.2. The van der Waals surface area contributed by atoms with Crippen LogP contribution < -0.4 is 0 Å². The minimum atomic E-state index is -0.774. The maximum absolute atomic E-state index is 4.65. The molecular formula is CHO3P. The Labute approximate surface area is 29.8 Å². The molecule has 0 aromatic heterocycles. The van der Waals surface area contributed by atoms with Gasteiger partial charge >= 0.3 is 8.60 Å². The minimum absolute atomic E-state index is 0.263. The third-order valence-electron chi connectivity index (χ3n) is 0.516. The zero-order valence-electron chi connectivity index (χ0n) is 2.25. The molecule has 3 aliphatic rings. The first-order valence-electron chi connectivity index (χ1n) is 1.25. The Morgan fingerprint density at radius 2 is 1.40 bits per heavy atom. The molecule has 3 aliphatic heterocycles. The van der Waals surface area contributed by atoms with Gasteiger partial charge in [0.1, 0.15) is 0 Å². The molecule has 3 heterocycles. The Balaban J connectivity index is 2.19. The van der Waals surface area contributed by atoms with Crippen LogP contribution in [0.15, 0.2) is 0 Å². The van der Waals surface area contributed by atoms with Gasteiger partial charge in [0.15, 0.2) is 0 Å². The van der Waals surface area contributed by atoms with Crippen molar-refractivity contribution in [2.45, 2.75) is 6.48 Å². The molecule has 0 spiro atoms. The van der Waals surface area contributed by atoms with Gasteiger partial charge in [0.25, 0.3) is 6.48 Å². The van der Waals surface area contributed by atoms with Crippen LogP contribution in [0.5, 0.6) is 0 Å². The van der Waals surface area contributed by atoms with Crippen LogP contribution in [0.25, 0.3) is 0 Å². The van der Waals surface area contributed by atoms with Gasteiger partial charge < -0.3 is 0 Å². The number of hydrogen-bond donors (Lipinski definition) is 0. The maximum atomic E-state index is 4.65. The van der Waals surface area contributed by atoms with Crippen LogP contribution >= 0.6 is 8.60 Å². The van der Waals surface area contributed by atoms with Crippen LogP contribution in [0.3, 0.4) is 0 Å². The molecule has 4 heteroatoms. The van der Waals surface area contributed by atoms with Crippen molar-refractivity contribution in [3.8, 4) is 0 Å². The summed E-state index contributed by atoms with van der Waals surface area (Å²) in [5.41, 5.74) is 0. The van der Waals surface area contributed by atoms with E-state index >= 15 is 0 Å². The van der Waals surface area contributed by atoms with Crippen molar-refractivity contribution in [3.63, 3.8) is 0 Å². The fraction of sp³-hybridized carbons (Fsp3) is 1.00. The van der Waals surface area contributed by atoms with Crippen molar-refractivity contribution in [1.29, 1.82) is 0 Å². The van der Waals surface area contributed by atoms with E-state index in [9.17, 15) is 0 Å². The van der Waals surface area contributed by atoms with Crippen LogP contribution in [0.4, 0.5) is 0 Å². The van der Waals surface area contributed by atoms with Gasteiger partial charge in [-0.3, -0.25) is 13.6 Å². The van der Waals surface area contributed by atoms with E-state index in [1.165, 1.54) is 0 Å². The summed E-state index contributed by atoms with van der Waals surface area (Å²) in [5, 5.41) is 0. The summed E-state index contributed by atoms with van der Waals surface area (Å²) < 4.78 is 13.9. The van der Waals surface area contributed by atoms with E-state index in [2.05, 4.69) is 13.6 Å². The SMILES string of the molecule is O1C2OP1O2. The zero-order chi connectivity index (χ0) is 3.28. The van der Waals surface area contributed by atoms with Crippen LogP contribution in [0.2, 0.25) is 0 Å². The molecule has 0 aliphatic carbocycles. The monoisotopic (exact) mass is 92.0 g/mol. The van der Waals surface area contributed by atoms with Crippen molar-refractivity contribution >= 4 is 8.60 Å². The van der Waals surface area contributed by atoms with E-state index < -0.39 is 8.60 Å². The normalized spacial score (nSPS) is 57.6. The molecule has 0 atom stereocenters. The minimum Gasteiger partial charge on any atom is -0.255 e. The fourth-order valence-corrected chi connectivity index (χ4v) is 0.704. The predicted octanol–water partition coefficient (Wildman–Crippen LogP) is 0.574. The highest BCUT2D eigenvalue weighted by Gasteiger charge is 2.50. The molecule has 28 valence electrons. The molecule has 0 radical (unpaired) electrons. The van der Waals surface area contributed by atoms with Gasteiger partial charge in [0, 0.05) is 0 Å². The van der Waals surface area contributed by atoms with Gasteiger partial charge in [-0.05, 0) is 0 Å². The van der Waals surface area contributed by atoms with Crippen LogP contribution in [-0.4, -0.2) is 6.48 Å². The van der Waals surface area contributed by atoms with E-state index in [-0.39, 0.29) is 6.48 Å². The molecular weight excluding hydrogens is 91.0 g/mol. The van der Waals surface area contributed by atoms with Crippen LogP contribution in [0, 0.1) is 0 Å². The highest BCUT2D eigenvalue weighted by Crippen LogP contribution is 2.66. The fourth-order valence-electron chi connectivity index (χ4n) is 0.235. The second-order valence-electron chi connectivity index (χ2n) is 0.829. The van der Waals surface area contributed by atoms with E-state index in [1.54, 1.807) is 0 Å². The van der Waals surface area contributed by atoms with Gasteiger partial charge in [-0.1, -0.05) is 0 Å². The Morgan fingerprint density at radius 3 is 1.40 bits per heavy atom. The molecule has 0 amide bonds. The van der Waals surface area contributed by atoms with E-state index in [0.717, 1.165) is 0 Å². The molecule has 0 aromatic carbocycles. The summed E-state index contributed by atoms with van der Waals surface area (Å²) in [5.74, 6) is 0. The Bertz CT molecular complexity index is 43.6. The summed E-state index contributed by atoms with van der Waals surface area (Å²) in [6, 6.07) is 0. The van der Waals surface area contributed by atoms with Gasteiger partial charge in [-0.2, -0.15) is 0 Å². The first-order chi connectivity index (χ1) is 2.45. The molecule has 3 saturated heterocycles. The summed E-state index contributed by atoms with van der Waals surface area (Å²) >= 11 is 0. The lowest BCUT2D eigenvalue weighted by molar-refractivity contribution is -0.313. The Morgan fingerprint density at radius 1 is 1.20 bits per heavy atom. The lowest BCUT2D eigenvalue weighted by Gasteiger charge is -2.43. The van der Waals surface area contributed by atoms with E-state index in [4.69, 9.17) is 0 Å². The third kappa shape index (κ3) is 0.152. The molecule has 5 heavy (non-hydrogen) atoms. The van der Waals surface area contributed by atoms with E-state index in [0.29, 0.717) is 0 Å². The van der Waals surface area contributed by atoms with Crippen LogP contribution in [-0.2, 0) is 13.6 Å². The van der Waals surface area contributed by atoms with Gasteiger partial charge in [-0.25, -0.2) is 0 Å². The Kier molecular flexibility index (Phi) is 0.270. The topological polar surface area (TPSA) is 27.7 Å². The smallest absolute Gasteiger partial charge is 0.255 e. The van der Waals surface area contributed by atoms with Crippen LogP contribution in [0.1, 0.15) is 0 Å². The number of hydrogen-bond acceptors (Lipinski definition) is 3. The summed E-state index contributed by atoms with van der Waals surface area (Å²) in [4.78, 5) is 0.